The number of pyridine rings is 1. The third-order valence-corrected chi connectivity index (χ3v) is 6.14. The molecule has 10 heteroatoms. The fraction of sp³-hybridized carbons (Fsp3) is 0.130. The van der Waals surface area contributed by atoms with E-state index in [-0.39, 0.29) is 18.0 Å². The predicted molar refractivity (Wildman–Crippen MR) is 119 cm³/mol. The van der Waals surface area contributed by atoms with Crippen LogP contribution in [0.1, 0.15) is 27.2 Å². The van der Waals surface area contributed by atoms with Crippen LogP contribution in [0.15, 0.2) is 59.6 Å². The van der Waals surface area contributed by atoms with E-state index in [1.807, 2.05) is 13.0 Å². The lowest BCUT2D eigenvalue weighted by Gasteiger charge is -2.10. The summed E-state index contributed by atoms with van der Waals surface area (Å²) in [5.41, 5.74) is 2.58. The Hall–Kier alpha value is -3.63. The highest BCUT2D eigenvalue weighted by atomic mass is 32.2. The van der Waals surface area contributed by atoms with E-state index in [0.29, 0.717) is 29.0 Å². The van der Waals surface area contributed by atoms with Gasteiger partial charge in [-0.15, -0.1) is 0 Å². The fourth-order valence-electron chi connectivity index (χ4n) is 3.67. The number of aromatic nitrogens is 2. The molecule has 0 saturated carbocycles. The summed E-state index contributed by atoms with van der Waals surface area (Å²) in [4.78, 5) is 15.8. The van der Waals surface area contributed by atoms with Crippen molar-refractivity contribution in [1.82, 2.24) is 14.7 Å². The van der Waals surface area contributed by atoms with E-state index in [1.54, 1.807) is 40.9 Å². The van der Waals surface area contributed by atoms with Crippen molar-refractivity contribution in [2.24, 2.45) is 5.14 Å². The SMILES string of the molecule is CNC(=O)c1cccc(Cc2c(-c3c(F)cc(S(N)(=O)=O)cc3F)nc3cc(C)ccn23)c1. The number of rotatable bonds is 5. The van der Waals surface area contributed by atoms with Crippen molar-refractivity contribution in [3.05, 3.63) is 88.7 Å². The van der Waals surface area contributed by atoms with E-state index in [9.17, 15) is 13.2 Å². The van der Waals surface area contributed by atoms with Gasteiger partial charge in [-0.05, 0) is 54.4 Å². The second kappa shape index (κ2) is 8.38. The van der Waals surface area contributed by atoms with Crippen LogP contribution < -0.4 is 10.5 Å². The molecule has 1 amide bonds. The van der Waals surface area contributed by atoms with Gasteiger partial charge < -0.3 is 9.72 Å². The van der Waals surface area contributed by atoms with E-state index < -0.39 is 32.1 Å². The van der Waals surface area contributed by atoms with Gasteiger partial charge >= 0.3 is 0 Å². The van der Waals surface area contributed by atoms with E-state index in [1.165, 1.54) is 7.05 Å². The molecule has 0 aliphatic heterocycles. The van der Waals surface area contributed by atoms with Crippen LogP contribution in [0.25, 0.3) is 16.9 Å². The van der Waals surface area contributed by atoms with Crippen LogP contribution in [0.3, 0.4) is 0 Å². The zero-order chi connectivity index (χ0) is 23.9. The van der Waals surface area contributed by atoms with E-state index in [0.717, 1.165) is 11.1 Å². The zero-order valence-corrected chi connectivity index (χ0v) is 18.6. The van der Waals surface area contributed by atoms with Crippen molar-refractivity contribution in [3.63, 3.8) is 0 Å². The number of benzene rings is 2. The number of halogens is 2. The zero-order valence-electron chi connectivity index (χ0n) is 17.8. The molecule has 0 aliphatic rings. The molecule has 0 spiro atoms. The minimum absolute atomic E-state index is 0.0296. The Kier molecular flexibility index (Phi) is 5.73. The summed E-state index contributed by atoms with van der Waals surface area (Å²) in [5, 5.41) is 7.59. The number of hydrogen-bond donors (Lipinski definition) is 2. The van der Waals surface area contributed by atoms with Gasteiger partial charge in [-0.3, -0.25) is 4.79 Å². The van der Waals surface area contributed by atoms with Crippen LogP contribution in [-0.2, 0) is 16.4 Å². The standard InChI is InChI=1S/C23H20F2N4O3S/c1-13-6-7-29-19(10-14-4-3-5-15(9-14)23(30)27-2)22(28-20(29)8-13)21-17(24)11-16(12-18(21)25)33(26,31)32/h3-9,11-12H,10H2,1-2H3,(H,27,30)(H2,26,31,32). The minimum Gasteiger partial charge on any atom is -0.355 e. The lowest BCUT2D eigenvalue weighted by molar-refractivity contribution is 0.0963. The highest BCUT2D eigenvalue weighted by Gasteiger charge is 2.24. The first-order valence-corrected chi connectivity index (χ1v) is 11.4. The number of primary sulfonamides is 1. The van der Waals surface area contributed by atoms with Gasteiger partial charge in [0.25, 0.3) is 5.91 Å². The average Bonchev–Trinajstić information content (AvgIpc) is 3.09. The number of nitrogens with one attached hydrogen (secondary N) is 1. The summed E-state index contributed by atoms with van der Waals surface area (Å²) >= 11 is 0. The first-order valence-electron chi connectivity index (χ1n) is 9.89. The monoisotopic (exact) mass is 470 g/mol. The summed E-state index contributed by atoms with van der Waals surface area (Å²) in [5.74, 6) is -2.46. The molecule has 2 aromatic heterocycles. The molecule has 0 atom stereocenters. The molecule has 3 N–H and O–H groups in total. The molecule has 2 aromatic carbocycles. The number of hydrogen-bond acceptors (Lipinski definition) is 4. The molecule has 0 unspecified atom stereocenters. The van der Waals surface area contributed by atoms with E-state index in [4.69, 9.17) is 5.14 Å². The van der Waals surface area contributed by atoms with Gasteiger partial charge in [-0.2, -0.15) is 0 Å². The molecule has 2 heterocycles. The molecule has 4 rings (SSSR count). The number of sulfonamides is 1. The third-order valence-electron chi connectivity index (χ3n) is 5.25. The second-order valence-corrected chi connectivity index (χ2v) is 9.16. The Morgan fingerprint density at radius 1 is 1.12 bits per heavy atom. The number of aryl methyl sites for hydroxylation is 1. The largest absolute Gasteiger partial charge is 0.355 e. The van der Waals surface area contributed by atoms with Crippen molar-refractivity contribution >= 4 is 21.6 Å². The Balaban J connectivity index is 1.93. The van der Waals surface area contributed by atoms with Crippen molar-refractivity contribution in [1.29, 1.82) is 0 Å². The van der Waals surface area contributed by atoms with Gasteiger partial charge in [0.15, 0.2) is 0 Å². The molecule has 170 valence electrons. The molecule has 33 heavy (non-hydrogen) atoms. The van der Waals surface area contributed by atoms with Gasteiger partial charge in [0.2, 0.25) is 10.0 Å². The number of carbonyl (C=O) groups is 1. The molecule has 0 saturated heterocycles. The van der Waals surface area contributed by atoms with Crippen LogP contribution >= 0.6 is 0 Å². The second-order valence-electron chi connectivity index (χ2n) is 7.60. The van der Waals surface area contributed by atoms with E-state index in [2.05, 4.69) is 10.3 Å². The average molecular weight is 471 g/mol. The molecule has 0 radical (unpaired) electrons. The summed E-state index contributed by atoms with van der Waals surface area (Å²) in [6.45, 7) is 1.86. The molecule has 0 fully saturated rings. The topological polar surface area (TPSA) is 107 Å². The first kappa shape index (κ1) is 22.6. The number of imidazole rings is 1. The maximum absolute atomic E-state index is 15.0. The van der Waals surface area contributed by atoms with Crippen LogP contribution in [0.5, 0.6) is 0 Å². The molecule has 0 aliphatic carbocycles. The Morgan fingerprint density at radius 2 is 1.82 bits per heavy atom. The summed E-state index contributed by atoms with van der Waals surface area (Å²) in [6, 6.07) is 11.8. The number of amides is 1. The molecular weight excluding hydrogens is 450 g/mol. The number of fused-ring (bicyclic) bond motifs is 1. The maximum Gasteiger partial charge on any atom is 0.251 e. The minimum atomic E-state index is -4.29. The number of nitrogens with zero attached hydrogens (tertiary/aromatic N) is 2. The highest BCUT2D eigenvalue weighted by Crippen LogP contribution is 2.32. The number of nitrogens with two attached hydrogens (primary N) is 1. The van der Waals surface area contributed by atoms with Gasteiger partial charge in [0.1, 0.15) is 17.3 Å². The van der Waals surface area contributed by atoms with Gasteiger partial charge in [0.05, 0.1) is 21.8 Å². The lowest BCUT2D eigenvalue weighted by Crippen LogP contribution is -2.17. The normalized spacial score (nSPS) is 11.7. The highest BCUT2D eigenvalue weighted by molar-refractivity contribution is 7.89. The summed E-state index contributed by atoms with van der Waals surface area (Å²) < 4.78 is 54.9. The van der Waals surface area contributed by atoms with Crippen LogP contribution in [-0.4, -0.2) is 30.8 Å². The quantitative estimate of drug-likeness (QED) is 0.467. The smallest absolute Gasteiger partial charge is 0.251 e. The molecule has 4 aromatic rings. The van der Waals surface area contributed by atoms with E-state index >= 15 is 8.78 Å². The lowest BCUT2D eigenvalue weighted by atomic mass is 10.0. The maximum atomic E-state index is 15.0. The summed E-state index contributed by atoms with van der Waals surface area (Å²) in [6.07, 6.45) is 1.95. The van der Waals surface area contributed by atoms with Crippen LogP contribution in [0.4, 0.5) is 8.78 Å². The van der Waals surface area contributed by atoms with Crippen molar-refractivity contribution < 1.29 is 22.0 Å². The Labute approximate surface area is 188 Å². The predicted octanol–water partition coefficient (Wildman–Crippen LogP) is 3.19. The van der Waals surface area contributed by atoms with Crippen molar-refractivity contribution in [2.45, 2.75) is 18.2 Å². The molecule has 7 nitrogen and oxygen atoms in total. The van der Waals surface area contributed by atoms with Crippen molar-refractivity contribution in [3.8, 4) is 11.3 Å². The Bertz CT molecular complexity index is 1490. The fourth-order valence-corrected chi connectivity index (χ4v) is 4.20. The molecule has 0 bridgehead atoms. The van der Waals surface area contributed by atoms with Crippen molar-refractivity contribution in [2.75, 3.05) is 7.05 Å². The van der Waals surface area contributed by atoms with Gasteiger partial charge in [-0.1, -0.05) is 12.1 Å². The third kappa shape index (κ3) is 4.35. The number of carbonyl (C=O) groups excluding carboxylic acids is 1. The Morgan fingerprint density at radius 3 is 2.45 bits per heavy atom. The summed E-state index contributed by atoms with van der Waals surface area (Å²) in [7, 11) is -2.77. The van der Waals surface area contributed by atoms with Gasteiger partial charge in [0, 0.05) is 25.2 Å². The first-order chi connectivity index (χ1) is 15.6. The van der Waals surface area contributed by atoms with Gasteiger partial charge in [-0.25, -0.2) is 27.3 Å². The molecular formula is C23H20F2N4O3S. The van der Waals surface area contributed by atoms with Crippen LogP contribution in [0.2, 0.25) is 0 Å². The van der Waals surface area contributed by atoms with Crippen LogP contribution in [0, 0.1) is 18.6 Å².